The monoisotopic (exact) mass is 862 g/mol. The Balaban J connectivity index is 1.55. The highest BCUT2D eigenvalue weighted by Gasteiger charge is 2.50. The molecule has 1 amide bonds. The SMILES string of the molecule is CO[C@H]1/C=C/O[C@@]2(C)Oc3c(C)c(O)c4c(O)c(c5c(c4c3C2=O)=NC2(CCN(CC(C)C)CC2)N=5)NC(=O)/C(C)=C\C=C\[C@@](C)(O)[C@H](O)[C@@H](C)[C@@H](O)[C@@H](C)[C@H](OC(C)=O)[C@@H]1C. The molecule has 16 heteroatoms. The topological polar surface area (TPSA) is 229 Å². The lowest BCUT2D eigenvalue weighted by Crippen LogP contribution is -2.50. The Kier molecular flexibility index (Phi) is 13.1. The molecule has 0 saturated carbocycles. The van der Waals surface area contributed by atoms with Gasteiger partial charge in [-0.15, -0.1) is 0 Å². The van der Waals surface area contributed by atoms with Crippen molar-refractivity contribution in [3.05, 3.63) is 58.0 Å². The number of allylic oxidation sites excluding steroid dienone is 2. The molecule has 16 nitrogen and oxygen atoms in total. The first-order valence-electron chi connectivity index (χ1n) is 21.3. The van der Waals surface area contributed by atoms with Gasteiger partial charge in [-0.2, -0.15) is 0 Å². The normalized spacial score (nSPS) is 33.5. The number of methoxy groups -OCH3 is 1. The Morgan fingerprint density at radius 2 is 1.65 bits per heavy atom. The van der Waals surface area contributed by atoms with E-state index < -0.39 is 88.4 Å². The first-order chi connectivity index (χ1) is 29.0. The predicted molar refractivity (Wildman–Crippen MR) is 229 cm³/mol. The number of nitrogens with one attached hydrogen (secondary N) is 1. The molecular formula is C46H62N4O12. The van der Waals surface area contributed by atoms with Gasteiger partial charge in [-0.3, -0.25) is 24.4 Å². The number of amides is 1. The van der Waals surface area contributed by atoms with E-state index in [2.05, 4.69) is 24.1 Å². The number of carbonyl (C=O) groups excluding carboxylic acids is 3. The van der Waals surface area contributed by atoms with Crippen LogP contribution in [0.4, 0.5) is 5.69 Å². The fourth-order valence-corrected chi connectivity index (χ4v) is 9.23. The summed E-state index contributed by atoms with van der Waals surface area (Å²) >= 11 is 0. The van der Waals surface area contributed by atoms with E-state index in [1.165, 1.54) is 72.3 Å². The standard InChI is InChI=1S/C46H62N4O12/c1-22(2)21-50-18-16-46(17-19-50)48-33-30-31-37(53)26(6)40-32(30)42(56)45(10,62-40)60-20-14-29(59-11)24(4)39(61-28(8)51)25(5)36(52)27(7)41(55)44(9,58)15-12-13-23(3)43(57)47-35(38(31)54)34(33)49-46/h12-15,20,22,24-25,27,29,36,39,41,52-55,58H,16-19,21H2,1-11H3,(H,47,57)/b15-12+,20-14+,23-13-/t24-,25-,27+,29+,36+,39-,41-,44-,45+/m1/s1. The molecule has 4 heterocycles. The minimum atomic E-state index is -1.98. The number of piperidine rings is 1. The third kappa shape index (κ3) is 8.47. The fourth-order valence-electron chi connectivity index (χ4n) is 9.23. The maximum absolute atomic E-state index is 14.7. The number of aliphatic hydroxyl groups excluding tert-OH is 2. The van der Waals surface area contributed by atoms with Gasteiger partial charge in [0, 0.05) is 87.7 Å². The van der Waals surface area contributed by atoms with Gasteiger partial charge < -0.3 is 54.7 Å². The number of fused-ring (bicyclic) bond motifs is 1. The number of aliphatic hydroxyl groups is 3. The van der Waals surface area contributed by atoms with Crippen molar-refractivity contribution in [1.82, 2.24) is 4.90 Å². The Hall–Kier alpha value is -4.87. The summed E-state index contributed by atoms with van der Waals surface area (Å²) in [6, 6.07) is 0. The van der Waals surface area contributed by atoms with Gasteiger partial charge in [0.2, 0.25) is 0 Å². The van der Waals surface area contributed by atoms with E-state index in [9.17, 15) is 39.9 Å². The van der Waals surface area contributed by atoms with Crippen LogP contribution in [-0.2, 0) is 23.8 Å². The number of ether oxygens (including phenoxy) is 4. The lowest BCUT2D eigenvalue weighted by molar-refractivity contribution is -0.162. The number of hydrogen-bond donors (Lipinski definition) is 6. The molecular weight excluding hydrogens is 801 g/mol. The molecule has 9 atom stereocenters. The summed E-state index contributed by atoms with van der Waals surface area (Å²) in [4.78, 5) is 53.6. The first-order valence-corrected chi connectivity index (χ1v) is 21.3. The van der Waals surface area contributed by atoms with Crippen LogP contribution >= 0.6 is 0 Å². The number of phenolic OH excluding ortho intramolecular Hbond substituents is 2. The molecule has 4 aliphatic rings. The third-order valence-corrected chi connectivity index (χ3v) is 12.9. The van der Waals surface area contributed by atoms with E-state index in [0.29, 0.717) is 31.8 Å². The molecule has 0 aromatic heterocycles. The molecule has 1 spiro atoms. The summed E-state index contributed by atoms with van der Waals surface area (Å²) in [6.45, 7) is 18.6. The number of phenols is 2. The summed E-state index contributed by atoms with van der Waals surface area (Å²) in [5, 5.41) is 61.4. The van der Waals surface area contributed by atoms with Gasteiger partial charge in [-0.1, -0.05) is 52.8 Å². The second-order valence-corrected chi connectivity index (χ2v) is 18.2. The maximum Gasteiger partial charge on any atom is 0.312 e. The van der Waals surface area contributed by atoms with Gasteiger partial charge in [0.05, 0.1) is 40.9 Å². The van der Waals surface area contributed by atoms with Crippen LogP contribution in [0.3, 0.4) is 0 Å². The number of benzene rings is 2. The highest BCUT2D eigenvalue weighted by Crippen LogP contribution is 2.50. The van der Waals surface area contributed by atoms with E-state index in [1.54, 1.807) is 20.8 Å². The molecule has 4 aliphatic heterocycles. The molecule has 6 N–H and O–H groups in total. The van der Waals surface area contributed by atoms with Gasteiger partial charge in [0.1, 0.15) is 34.2 Å². The van der Waals surface area contributed by atoms with Crippen molar-refractivity contribution < 1.29 is 58.9 Å². The molecule has 0 radical (unpaired) electrons. The number of nitrogens with zero attached hydrogens (tertiary/aromatic N) is 3. The smallest absolute Gasteiger partial charge is 0.312 e. The molecule has 62 heavy (non-hydrogen) atoms. The van der Waals surface area contributed by atoms with Crippen LogP contribution < -0.4 is 20.8 Å². The molecule has 6 rings (SSSR count). The minimum absolute atomic E-state index is 0.0114. The Labute approximate surface area is 361 Å². The number of ketones is 1. The molecule has 1 fully saturated rings. The van der Waals surface area contributed by atoms with Crippen LogP contribution in [0, 0.1) is 30.6 Å². The van der Waals surface area contributed by atoms with Crippen molar-refractivity contribution in [2.75, 3.05) is 32.1 Å². The minimum Gasteiger partial charge on any atom is -0.507 e. The molecule has 1 saturated heterocycles. The van der Waals surface area contributed by atoms with Gasteiger partial charge in [-0.05, 0) is 32.8 Å². The predicted octanol–water partition coefficient (Wildman–Crippen LogP) is 3.86. The van der Waals surface area contributed by atoms with Gasteiger partial charge >= 0.3 is 11.8 Å². The van der Waals surface area contributed by atoms with Crippen LogP contribution in [0.15, 0.2) is 46.1 Å². The Morgan fingerprint density at radius 3 is 2.26 bits per heavy atom. The van der Waals surface area contributed by atoms with E-state index in [1.807, 2.05) is 0 Å². The van der Waals surface area contributed by atoms with Gasteiger partial charge in [0.25, 0.3) is 11.7 Å². The largest absolute Gasteiger partial charge is 0.507 e. The molecule has 4 bridgehead atoms. The number of likely N-dealkylation sites (tertiary alicyclic amines) is 1. The van der Waals surface area contributed by atoms with E-state index >= 15 is 0 Å². The van der Waals surface area contributed by atoms with E-state index in [4.69, 9.17) is 28.9 Å². The van der Waals surface area contributed by atoms with Gasteiger partial charge in [-0.25, -0.2) is 0 Å². The number of anilines is 1. The molecule has 2 aromatic rings. The molecule has 338 valence electrons. The second-order valence-electron chi connectivity index (χ2n) is 18.2. The highest BCUT2D eigenvalue weighted by molar-refractivity contribution is 6.19. The lowest BCUT2D eigenvalue weighted by atomic mass is 9.77. The van der Waals surface area contributed by atoms with Crippen molar-refractivity contribution in [3.8, 4) is 17.2 Å². The lowest BCUT2D eigenvalue weighted by Gasteiger charge is -2.39. The van der Waals surface area contributed by atoms with Crippen molar-refractivity contribution in [2.24, 2.45) is 33.7 Å². The van der Waals surface area contributed by atoms with Crippen LogP contribution in [-0.4, -0.2) is 116 Å². The average molecular weight is 863 g/mol. The zero-order valence-electron chi connectivity index (χ0n) is 37.5. The van der Waals surface area contributed by atoms with Crippen LogP contribution in [0.25, 0.3) is 10.8 Å². The van der Waals surface area contributed by atoms with E-state index in [-0.39, 0.29) is 49.6 Å². The third-order valence-electron chi connectivity index (χ3n) is 12.9. The number of hydrogen-bond acceptors (Lipinski definition) is 15. The molecule has 2 aromatic carbocycles. The summed E-state index contributed by atoms with van der Waals surface area (Å²) in [7, 11) is 1.44. The first kappa shape index (κ1) is 46.6. The number of aromatic hydroxyl groups is 2. The maximum atomic E-state index is 14.7. The number of Topliss-reactive ketones (excluding diaryl/α,β-unsaturated/α-hetero) is 1. The number of esters is 1. The van der Waals surface area contributed by atoms with Crippen molar-refractivity contribution in [3.63, 3.8) is 0 Å². The van der Waals surface area contributed by atoms with Crippen LogP contribution in [0.2, 0.25) is 0 Å². The quantitative estimate of drug-likeness (QED) is 0.190. The molecule has 0 aliphatic carbocycles. The summed E-state index contributed by atoms with van der Waals surface area (Å²) in [5.74, 6) is -6.75. The summed E-state index contributed by atoms with van der Waals surface area (Å²) < 4.78 is 23.9. The second kappa shape index (κ2) is 17.4. The number of carbonyl (C=O) groups is 3. The summed E-state index contributed by atoms with van der Waals surface area (Å²) in [6.07, 6.45) is 3.26. The van der Waals surface area contributed by atoms with Crippen LogP contribution in [0.1, 0.15) is 91.1 Å². The Morgan fingerprint density at radius 1 is 1.00 bits per heavy atom. The van der Waals surface area contributed by atoms with E-state index in [0.717, 1.165) is 6.54 Å². The van der Waals surface area contributed by atoms with Crippen molar-refractivity contribution in [1.29, 1.82) is 0 Å². The van der Waals surface area contributed by atoms with Crippen molar-refractivity contribution in [2.45, 2.75) is 124 Å². The fraction of sp³-hybridized carbons (Fsp3) is 0.587. The van der Waals surface area contributed by atoms with Crippen LogP contribution in [0.5, 0.6) is 17.2 Å². The zero-order valence-corrected chi connectivity index (χ0v) is 37.5. The summed E-state index contributed by atoms with van der Waals surface area (Å²) in [5.41, 5.74) is -2.73. The van der Waals surface area contributed by atoms with Crippen molar-refractivity contribution >= 4 is 34.1 Å². The average Bonchev–Trinajstić information content (AvgIpc) is 3.71. The van der Waals surface area contributed by atoms with Gasteiger partial charge in [0.15, 0.2) is 11.4 Å². The zero-order chi connectivity index (χ0) is 45.8. The Bertz CT molecular complexity index is 2350. The number of rotatable bonds is 4. The highest BCUT2D eigenvalue weighted by atomic mass is 16.7. The molecule has 0 unspecified atom stereocenters.